The number of amides is 6. The van der Waals surface area contributed by atoms with E-state index in [0.717, 1.165) is 36.4 Å². The summed E-state index contributed by atoms with van der Waals surface area (Å²) in [6, 6.07) is 47.1. The number of aromatic carboxylic acids is 1. The Morgan fingerprint density at radius 1 is 0.423 bits per heavy atom. The topological polar surface area (TPSA) is 425 Å². The fraction of sp³-hybridized carbons (Fsp3) is 0.202. The number of carbonyl (C=O) groups is 8. The van der Waals surface area contributed by atoms with E-state index in [2.05, 4.69) is 66.8 Å². The minimum atomic E-state index is -4.67. The molecular formula is C94H102Cl8F9N14O16P. The van der Waals surface area contributed by atoms with Crippen LogP contribution in [0.5, 0.6) is 34.5 Å². The number of hydrogen-bond acceptors (Lipinski definition) is 23. The average Bonchev–Trinajstić information content (AvgIpc) is 0.891. The molecule has 0 atom stereocenters. The molecular weight excluding hydrogens is 2070 g/mol. The average molecular weight is 2170 g/mol. The van der Waals surface area contributed by atoms with Crippen molar-refractivity contribution in [1.82, 2.24) is 40.5 Å². The fourth-order valence-corrected chi connectivity index (χ4v) is 12.4. The van der Waals surface area contributed by atoms with Gasteiger partial charge in [0.2, 0.25) is 6.08 Å². The summed E-state index contributed by atoms with van der Waals surface area (Å²) >= 11 is 32.7. The number of nitrogens with one attached hydrogen (secondary N) is 6. The summed E-state index contributed by atoms with van der Waals surface area (Å²) in [7, 11) is -1.81. The van der Waals surface area contributed by atoms with Gasteiger partial charge >= 0.3 is 44.2 Å². The number of benzene rings is 6. The molecule has 0 bridgehead atoms. The first-order valence-electron chi connectivity index (χ1n) is 37.7. The predicted octanol–water partition coefficient (Wildman–Crippen LogP) is 28.8. The highest BCUT2D eigenvalue weighted by atomic mass is 35.5. The molecule has 12 rings (SSSR count). The smallest absolute Gasteiger partial charge is 0.417 e. The largest absolute Gasteiger partial charge is 0.477 e. The summed E-state index contributed by atoms with van der Waals surface area (Å²) in [5, 5.41) is 22.1. The zero-order valence-corrected chi connectivity index (χ0v) is 77.2. The van der Waals surface area contributed by atoms with Gasteiger partial charge in [-0.2, -0.15) is 44.5 Å². The normalized spacial score (nSPS) is 9.94. The van der Waals surface area contributed by atoms with Crippen LogP contribution in [0.25, 0.3) is 0 Å². The minimum absolute atomic E-state index is 0. The van der Waals surface area contributed by atoms with Gasteiger partial charge in [0.05, 0.1) is 56.8 Å². The van der Waals surface area contributed by atoms with E-state index < -0.39 is 87.1 Å². The zero-order valence-electron chi connectivity index (χ0n) is 70.1. The van der Waals surface area contributed by atoms with Crippen molar-refractivity contribution >= 4 is 189 Å². The molecule has 0 aliphatic rings. The van der Waals surface area contributed by atoms with Gasteiger partial charge in [-0.15, -0.1) is 24.8 Å². The first-order chi connectivity index (χ1) is 62.9. The number of ether oxygens (including phenoxy) is 3. The number of nitrogens with zero attached hydrogens (tertiary/aromatic N) is 7. The van der Waals surface area contributed by atoms with Crippen molar-refractivity contribution in [3.63, 3.8) is 0 Å². The Labute approximate surface area is 856 Å². The number of anilines is 5. The van der Waals surface area contributed by atoms with Gasteiger partial charge < -0.3 is 66.0 Å². The number of carboxylic acids is 1. The van der Waals surface area contributed by atoms with Crippen molar-refractivity contribution in [3.05, 3.63) is 319 Å². The summed E-state index contributed by atoms with van der Waals surface area (Å²) in [4.78, 5) is 127. The van der Waals surface area contributed by atoms with Gasteiger partial charge in [-0.05, 0) is 207 Å². The van der Waals surface area contributed by atoms with Gasteiger partial charge in [0.15, 0.2) is 11.6 Å². The molecule has 0 radical (unpaired) electrons. The van der Waals surface area contributed by atoms with Crippen molar-refractivity contribution in [2.45, 2.75) is 98.2 Å². The third-order valence-corrected chi connectivity index (χ3v) is 19.5. The number of ketones is 2. The number of hydrogen-bond donors (Lipinski definition) is 8. The number of halogens is 17. The van der Waals surface area contributed by atoms with Crippen LogP contribution in [0, 0.1) is 0 Å². The number of aliphatic imine (C=N–C) groups is 1. The van der Waals surface area contributed by atoms with E-state index in [4.69, 9.17) is 104 Å². The van der Waals surface area contributed by atoms with Crippen LogP contribution >= 0.6 is 102 Å². The zero-order chi connectivity index (χ0) is 98.2. The molecule has 142 heavy (non-hydrogen) atoms. The lowest BCUT2D eigenvalue weighted by atomic mass is 10.2. The third-order valence-electron chi connectivity index (χ3n) is 15.8. The molecule has 0 aliphatic carbocycles. The molecule has 0 fully saturated rings. The Hall–Kier alpha value is -13.4. The molecule has 0 aliphatic heterocycles. The third kappa shape index (κ3) is 48.2. The Kier molecular flexibility index (Phi) is 63.0. The molecule has 48 heteroatoms. The highest BCUT2D eigenvalue weighted by Crippen LogP contribution is 2.47. The van der Waals surface area contributed by atoms with Crippen molar-refractivity contribution < 1.29 is 116 Å². The monoisotopic (exact) mass is 2160 g/mol. The van der Waals surface area contributed by atoms with Gasteiger partial charge in [0, 0.05) is 121 Å². The van der Waals surface area contributed by atoms with Crippen LogP contribution in [-0.2, 0) is 36.9 Å². The molecule has 30 nitrogen and oxygen atoms in total. The molecule has 6 aromatic carbocycles. The molecule has 0 spiro atoms. The van der Waals surface area contributed by atoms with Crippen LogP contribution in [0.15, 0.2) is 248 Å². The first kappa shape index (κ1) is 135. The summed E-state index contributed by atoms with van der Waals surface area (Å²) in [5.41, 5.74) is 4.86. The number of carbonyl (C=O) groups excluding carboxylic acids is 8. The number of rotatable bonds is 24. The van der Waals surface area contributed by atoms with Gasteiger partial charge in [0.1, 0.15) is 68.7 Å². The van der Waals surface area contributed by atoms with Gasteiger partial charge in [-0.3, -0.25) is 53.5 Å². The van der Waals surface area contributed by atoms with Crippen molar-refractivity contribution in [2.24, 2.45) is 4.99 Å². The highest BCUT2D eigenvalue weighted by molar-refractivity contribution is 7.53. The van der Waals surface area contributed by atoms with E-state index in [-0.39, 0.29) is 160 Å². The summed E-state index contributed by atoms with van der Waals surface area (Å²) < 4.78 is 155. The Morgan fingerprint density at radius 2 is 0.761 bits per heavy atom. The molecule has 12 aromatic rings. The lowest BCUT2D eigenvalue weighted by molar-refractivity contribution is -0.138. The lowest BCUT2D eigenvalue weighted by Gasteiger charge is -2.17. The summed E-state index contributed by atoms with van der Waals surface area (Å²) in [6.07, 6.45) is -3.96. The fourth-order valence-electron chi connectivity index (χ4n) is 9.79. The van der Waals surface area contributed by atoms with Gasteiger partial charge in [0.25, 0.3) is 17.1 Å². The maximum atomic E-state index is 13.0. The second kappa shape index (κ2) is 66.3. The van der Waals surface area contributed by atoms with Crippen molar-refractivity contribution in [2.75, 3.05) is 60.0 Å². The maximum absolute atomic E-state index is 13.0. The van der Waals surface area contributed by atoms with E-state index in [1.54, 1.807) is 129 Å². The van der Waals surface area contributed by atoms with Crippen LogP contribution in [0.1, 0.15) is 159 Å². The number of urea groups is 2. The van der Waals surface area contributed by atoms with E-state index >= 15 is 0 Å². The minimum Gasteiger partial charge on any atom is -0.477 e. The molecule has 6 heterocycles. The number of carboxylic acid groups (broad SMARTS) is 1. The summed E-state index contributed by atoms with van der Waals surface area (Å²) in [5.74, 6) is 0.725. The van der Waals surface area contributed by atoms with Crippen LogP contribution in [0.4, 0.5) is 83.2 Å². The van der Waals surface area contributed by atoms with Crippen molar-refractivity contribution in [1.29, 1.82) is 0 Å². The lowest BCUT2D eigenvalue weighted by Crippen LogP contribution is -2.27. The molecule has 0 saturated carbocycles. The molecule has 6 amide bonds. The number of nitrogen functional groups attached to an aromatic ring is 1. The van der Waals surface area contributed by atoms with E-state index in [9.17, 15) is 87.2 Å². The number of nitrogens with two attached hydrogens (primary N) is 1. The SMILES string of the molecule is C.C.C.C.C.C.C.CC(=O)c1cc(Cl)ccn1.CC(=O)c1cc(Oc2ccc(N)cc2)ccn1.CCOP(=O)(CCNC(=O)c1cc(Oc2ccc(NC(=O)Nc3ccc(Cl)c(C(F)(F)F)c3)cc2)ccn1)OCC.CNC(=O)c1cc(Oc2ccc(NC(=O)Nc3ccc(Cl)c(C(F)(F)F)c3)cc2)ccn1.Cl.Cl.O=C(Cl)c1cc(Cl)ccn1.O=C(O)c1ccccn1.O=C=Nc1ccc(Cl)c(C(F)(F)F)c1. The molecule has 768 valence electrons. The Balaban J connectivity index is -0.000000833. The molecule has 6 aromatic heterocycles. The maximum Gasteiger partial charge on any atom is 0.417 e. The van der Waals surface area contributed by atoms with E-state index in [0.29, 0.717) is 79.1 Å². The van der Waals surface area contributed by atoms with Crippen LogP contribution in [0.2, 0.25) is 25.1 Å². The quantitative estimate of drug-likeness (QED) is 0.00530. The standard InChI is InChI=1S/C26H27ClF3N4O6P.C21H16ClF3N4O3.C13H12N2O2.C8H3ClF3NO.C7H6ClNO.C6H3Cl2NO.C6H5NO2.7CH4.2ClH/c1-3-38-41(37,39-4-2)14-13-32-24(35)23-16-20(11-12-31-23)40-19-8-5-17(6-9-19)33-25(36)34-18-7-10-22(27)21(15-18)26(28,29)30;1-26-19(30)18-11-15(8-9-27-18)32-14-5-2-12(3-6-14)28-20(31)29-13-4-7-17(22)16(10-13)21(23,24)25;1-9(16)13-8-12(6-7-15-13)17-11-4-2-10(14)3-5-11;9-7-2-1-5(13-4-14)3-6(7)8(10,11)12;1-5(10)7-4-6(8)2-3-9-7;7-4-1-2-9-5(3-4)6(8)10;8-6(9)5-3-1-2-4-7-5;;;;;;;;;/h5-12,15-16H,3-4,13-14H2,1-2H3,(H,32,35)(H2,33,34,36);2-11H,1H3,(H,26,30)(H2,28,29,31);2-8H,14H2,1H3;1-3H;2-4H,1H3;1-3H;1-4H,(H,8,9);7*1H4;2*1H. The molecule has 9 N–H and O–H groups in total. The molecule has 0 unspecified atom stereocenters. The van der Waals surface area contributed by atoms with Gasteiger partial charge in [-0.25, -0.2) is 24.2 Å². The van der Waals surface area contributed by atoms with E-state index in [1.165, 1.54) is 113 Å². The van der Waals surface area contributed by atoms with Crippen molar-refractivity contribution in [3.8, 4) is 34.5 Å². The molecule has 0 saturated heterocycles. The Morgan fingerprint density at radius 3 is 1.10 bits per heavy atom. The van der Waals surface area contributed by atoms with E-state index in [1.807, 2.05) is 0 Å². The number of isocyanates is 1. The predicted molar refractivity (Wildman–Crippen MR) is 542 cm³/mol. The van der Waals surface area contributed by atoms with Crippen LogP contribution < -0.4 is 51.8 Å². The number of aromatic nitrogens is 6. The second-order valence-electron chi connectivity index (χ2n) is 25.6. The number of Topliss-reactive ketones (excluding diaryl/α,β-unsaturated/α-hetero) is 2. The second-order valence-corrected chi connectivity index (χ2v) is 30.2. The first-order valence-corrected chi connectivity index (χ1v) is 41.7. The number of alkyl halides is 9. The van der Waals surface area contributed by atoms with Gasteiger partial charge in [-0.1, -0.05) is 116 Å². The van der Waals surface area contributed by atoms with Crippen LogP contribution in [-0.4, -0.2) is 121 Å². The van der Waals surface area contributed by atoms with Crippen LogP contribution in [0.3, 0.4) is 0 Å². The number of pyridine rings is 6. The summed E-state index contributed by atoms with van der Waals surface area (Å²) in [6.45, 7) is 6.79. The Bertz CT molecular complexity index is 6060. The highest BCUT2D eigenvalue weighted by Gasteiger charge is 2.36.